The lowest BCUT2D eigenvalue weighted by molar-refractivity contribution is -0.155. The molecule has 0 amide bonds. The minimum Gasteiger partial charge on any atom is -0.459 e. The number of fused-ring (bicyclic) bond motifs is 2. The number of hydrogen-bond donors (Lipinski definition) is 0. The van der Waals surface area contributed by atoms with Crippen molar-refractivity contribution < 1.29 is 13.9 Å². The largest absolute Gasteiger partial charge is 0.459 e. The number of benzene rings is 1. The van der Waals surface area contributed by atoms with E-state index in [0.717, 1.165) is 25.7 Å². The van der Waals surface area contributed by atoms with Crippen molar-refractivity contribution in [3.63, 3.8) is 0 Å². The fourth-order valence-corrected chi connectivity index (χ4v) is 2.98. The van der Waals surface area contributed by atoms with E-state index in [-0.39, 0.29) is 12.5 Å². The fraction of sp³-hybridized carbons (Fsp3) is 0.400. The second-order valence-corrected chi connectivity index (χ2v) is 7.13. The number of aromatic nitrogens is 3. The number of esters is 1. The van der Waals surface area contributed by atoms with Gasteiger partial charge in [0.05, 0.1) is 5.52 Å². The third-order valence-electron chi connectivity index (χ3n) is 3.02. The van der Waals surface area contributed by atoms with Crippen LogP contribution in [0.25, 0.3) is 22.0 Å². The summed E-state index contributed by atoms with van der Waals surface area (Å²) >= 11 is 2.15. The van der Waals surface area contributed by atoms with Crippen LogP contribution in [0.3, 0.4) is 0 Å². The van der Waals surface area contributed by atoms with Crippen LogP contribution in [0.15, 0.2) is 16.5 Å². The molecule has 0 radical (unpaired) electrons. The molecule has 7 heteroatoms. The SMILES string of the molecule is Cc1nc2cc3c(cc2o1)c(I)nn3CC(=O)OC(C)(C)C. The van der Waals surface area contributed by atoms with Crippen LogP contribution in [0.4, 0.5) is 0 Å². The van der Waals surface area contributed by atoms with Crippen molar-refractivity contribution in [2.45, 2.75) is 39.8 Å². The normalized spacial score (nSPS) is 12.2. The minimum atomic E-state index is -0.510. The van der Waals surface area contributed by atoms with Gasteiger partial charge in [-0.15, -0.1) is 0 Å². The predicted octanol–water partition coefficient (Wildman–Crippen LogP) is 3.43. The standard InChI is InChI=1S/C15H16IN3O3/c1-8-17-10-6-11-9(5-12(10)21-8)14(16)18-19(11)7-13(20)22-15(2,3)4/h5-6H,7H2,1-4H3. The molecular formula is C15H16IN3O3. The minimum absolute atomic E-state index is 0.0686. The summed E-state index contributed by atoms with van der Waals surface area (Å²) in [5.41, 5.74) is 1.81. The molecule has 1 aromatic carbocycles. The zero-order valence-electron chi connectivity index (χ0n) is 12.8. The maximum atomic E-state index is 12.0. The highest BCUT2D eigenvalue weighted by Crippen LogP contribution is 2.27. The molecule has 3 aromatic rings. The Kier molecular flexibility index (Phi) is 3.62. The number of halogens is 1. The monoisotopic (exact) mass is 413 g/mol. The van der Waals surface area contributed by atoms with Crippen LogP contribution in [0.5, 0.6) is 0 Å². The van der Waals surface area contributed by atoms with Crippen molar-refractivity contribution in [1.82, 2.24) is 14.8 Å². The molecule has 0 aliphatic heterocycles. The van der Waals surface area contributed by atoms with Crippen LogP contribution in [-0.4, -0.2) is 26.3 Å². The number of ether oxygens (including phenoxy) is 1. The van der Waals surface area contributed by atoms with Gasteiger partial charge in [-0.1, -0.05) is 0 Å². The first-order valence-electron chi connectivity index (χ1n) is 6.88. The molecule has 0 aliphatic rings. The Morgan fingerprint density at radius 1 is 1.41 bits per heavy atom. The smallest absolute Gasteiger partial charge is 0.328 e. The van der Waals surface area contributed by atoms with Crippen molar-refractivity contribution in [2.75, 3.05) is 0 Å². The van der Waals surface area contributed by atoms with E-state index < -0.39 is 5.60 Å². The summed E-state index contributed by atoms with van der Waals surface area (Å²) in [6, 6.07) is 3.80. The summed E-state index contributed by atoms with van der Waals surface area (Å²) < 4.78 is 13.4. The van der Waals surface area contributed by atoms with E-state index in [1.807, 2.05) is 39.8 Å². The predicted molar refractivity (Wildman–Crippen MR) is 90.6 cm³/mol. The van der Waals surface area contributed by atoms with Crippen molar-refractivity contribution >= 4 is 50.6 Å². The third-order valence-corrected chi connectivity index (χ3v) is 3.82. The molecule has 3 rings (SSSR count). The van der Waals surface area contributed by atoms with E-state index in [1.165, 1.54) is 0 Å². The lowest BCUT2D eigenvalue weighted by Crippen LogP contribution is -2.26. The van der Waals surface area contributed by atoms with Gasteiger partial charge in [0.2, 0.25) is 0 Å². The van der Waals surface area contributed by atoms with Crippen molar-refractivity contribution in [3.05, 3.63) is 21.7 Å². The summed E-state index contributed by atoms with van der Waals surface area (Å²) in [6.45, 7) is 7.41. The Balaban J connectivity index is 2.02. The molecule has 22 heavy (non-hydrogen) atoms. The molecule has 116 valence electrons. The van der Waals surface area contributed by atoms with E-state index in [9.17, 15) is 4.79 Å². The first-order chi connectivity index (χ1) is 10.2. The van der Waals surface area contributed by atoms with E-state index in [4.69, 9.17) is 9.15 Å². The van der Waals surface area contributed by atoms with Crippen LogP contribution >= 0.6 is 22.6 Å². The summed E-state index contributed by atoms with van der Waals surface area (Å²) in [5, 5.41) is 5.36. The summed E-state index contributed by atoms with van der Waals surface area (Å²) in [5.74, 6) is 0.300. The summed E-state index contributed by atoms with van der Waals surface area (Å²) in [7, 11) is 0. The topological polar surface area (TPSA) is 70.2 Å². The van der Waals surface area contributed by atoms with Gasteiger partial charge in [-0.25, -0.2) is 4.98 Å². The summed E-state index contributed by atoms with van der Waals surface area (Å²) in [6.07, 6.45) is 0. The zero-order chi connectivity index (χ0) is 16.1. The number of aryl methyl sites for hydroxylation is 1. The molecule has 0 N–H and O–H groups in total. The first-order valence-corrected chi connectivity index (χ1v) is 7.96. The average molecular weight is 413 g/mol. The van der Waals surface area contributed by atoms with Crippen molar-refractivity contribution in [3.8, 4) is 0 Å². The van der Waals surface area contributed by atoms with Gasteiger partial charge in [-0.2, -0.15) is 5.10 Å². The molecular weight excluding hydrogens is 397 g/mol. The highest BCUT2D eigenvalue weighted by molar-refractivity contribution is 14.1. The highest BCUT2D eigenvalue weighted by Gasteiger charge is 2.19. The fourth-order valence-electron chi connectivity index (χ4n) is 2.29. The highest BCUT2D eigenvalue weighted by atomic mass is 127. The zero-order valence-corrected chi connectivity index (χ0v) is 15.0. The van der Waals surface area contributed by atoms with Gasteiger partial charge in [0.15, 0.2) is 11.5 Å². The molecule has 0 atom stereocenters. The molecule has 2 heterocycles. The van der Waals surface area contributed by atoms with Gasteiger partial charge in [0.1, 0.15) is 21.4 Å². The number of oxazole rings is 1. The Morgan fingerprint density at radius 3 is 2.82 bits per heavy atom. The second-order valence-electron chi connectivity index (χ2n) is 6.10. The Labute approximate surface area is 141 Å². The van der Waals surface area contributed by atoms with E-state index in [0.29, 0.717) is 5.89 Å². The maximum absolute atomic E-state index is 12.0. The van der Waals surface area contributed by atoms with Gasteiger partial charge in [0, 0.05) is 12.3 Å². The van der Waals surface area contributed by atoms with Gasteiger partial charge in [0.25, 0.3) is 0 Å². The molecule has 0 bridgehead atoms. The molecule has 0 aliphatic carbocycles. The molecule has 0 spiro atoms. The maximum Gasteiger partial charge on any atom is 0.328 e. The van der Waals surface area contributed by atoms with Crippen LogP contribution in [0.1, 0.15) is 26.7 Å². The van der Waals surface area contributed by atoms with E-state index in [2.05, 4.69) is 32.7 Å². The molecule has 6 nitrogen and oxygen atoms in total. The molecule has 0 unspecified atom stereocenters. The van der Waals surface area contributed by atoms with Crippen LogP contribution in [0.2, 0.25) is 0 Å². The molecule has 2 aromatic heterocycles. The van der Waals surface area contributed by atoms with Crippen LogP contribution < -0.4 is 0 Å². The lowest BCUT2D eigenvalue weighted by atomic mass is 10.2. The van der Waals surface area contributed by atoms with Crippen molar-refractivity contribution in [1.29, 1.82) is 0 Å². The first kappa shape index (κ1) is 15.3. The third kappa shape index (κ3) is 2.94. The molecule has 0 saturated heterocycles. The quantitative estimate of drug-likeness (QED) is 0.476. The van der Waals surface area contributed by atoms with Gasteiger partial charge in [-0.3, -0.25) is 9.48 Å². The number of hydrogen-bond acceptors (Lipinski definition) is 5. The average Bonchev–Trinajstić information content (AvgIpc) is 2.85. The van der Waals surface area contributed by atoms with Gasteiger partial charge < -0.3 is 9.15 Å². The van der Waals surface area contributed by atoms with E-state index in [1.54, 1.807) is 4.68 Å². The Hall–Kier alpha value is -1.64. The number of carbonyl (C=O) groups excluding carboxylic acids is 1. The number of nitrogens with zero attached hydrogens (tertiary/aromatic N) is 3. The number of rotatable bonds is 2. The van der Waals surface area contributed by atoms with Crippen molar-refractivity contribution in [2.24, 2.45) is 0 Å². The van der Waals surface area contributed by atoms with Gasteiger partial charge >= 0.3 is 5.97 Å². The van der Waals surface area contributed by atoms with Gasteiger partial charge in [-0.05, 0) is 55.5 Å². The number of carbonyl (C=O) groups is 1. The molecule has 0 saturated carbocycles. The Bertz CT molecular complexity index is 874. The second kappa shape index (κ2) is 5.22. The lowest BCUT2D eigenvalue weighted by Gasteiger charge is -2.19. The van der Waals surface area contributed by atoms with Crippen LogP contribution in [0, 0.1) is 10.6 Å². The summed E-state index contributed by atoms with van der Waals surface area (Å²) in [4.78, 5) is 16.4. The van der Waals surface area contributed by atoms with E-state index >= 15 is 0 Å². The molecule has 0 fully saturated rings. The Morgan fingerprint density at radius 2 is 2.14 bits per heavy atom. The van der Waals surface area contributed by atoms with Crippen LogP contribution in [-0.2, 0) is 16.1 Å².